The predicted molar refractivity (Wildman–Crippen MR) is 84.3 cm³/mol. The summed E-state index contributed by atoms with van der Waals surface area (Å²) in [6, 6.07) is 0. The summed E-state index contributed by atoms with van der Waals surface area (Å²) >= 11 is 0. The summed E-state index contributed by atoms with van der Waals surface area (Å²) in [5.74, 6) is 0.613. The van der Waals surface area contributed by atoms with Gasteiger partial charge in [0.25, 0.3) is 0 Å². The third kappa shape index (κ3) is 5.85. The Bertz CT molecular complexity index is 292. The van der Waals surface area contributed by atoms with Crippen LogP contribution in [0.5, 0.6) is 0 Å². The molecule has 124 valence electrons. The molecule has 3 N–H and O–H groups in total. The summed E-state index contributed by atoms with van der Waals surface area (Å²) in [5.41, 5.74) is -0.559. The van der Waals surface area contributed by atoms with Gasteiger partial charge in [0.15, 0.2) is 0 Å². The highest BCUT2D eigenvalue weighted by molar-refractivity contribution is 4.84. The zero-order valence-electron chi connectivity index (χ0n) is 13.5. The molecule has 2 aliphatic carbocycles. The molecule has 0 saturated heterocycles. The second kappa shape index (κ2) is 8.47. The van der Waals surface area contributed by atoms with E-state index in [4.69, 9.17) is 4.74 Å². The van der Waals surface area contributed by atoms with Crippen LogP contribution in [0, 0.1) is 5.92 Å². The van der Waals surface area contributed by atoms with E-state index in [0.29, 0.717) is 31.7 Å². The number of aliphatic hydroxyl groups excluding tert-OH is 1. The molecule has 0 heterocycles. The van der Waals surface area contributed by atoms with E-state index < -0.39 is 11.7 Å². The standard InChI is InChI=1S/C17H33NO3/c1-14-7-3-4-8-16(14)21-12-15(19)11-18-13-17(20)9-5-2-6-10-17/h14-16,18-20H,2-13H2,1H3. The number of rotatable bonds is 7. The number of aliphatic hydroxyl groups is 2. The van der Waals surface area contributed by atoms with Gasteiger partial charge < -0.3 is 20.3 Å². The monoisotopic (exact) mass is 299 g/mol. The fourth-order valence-electron chi connectivity index (χ4n) is 3.68. The fraction of sp³-hybridized carbons (Fsp3) is 1.00. The third-order valence-electron chi connectivity index (χ3n) is 5.15. The average molecular weight is 299 g/mol. The lowest BCUT2D eigenvalue weighted by atomic mass is 9.85. The minimum Gasteiger partial charge on any atom is -0.389 e. The molecule has 2 aliphatic rings. The normalized spacial score (nSPS) is 31.0. The second-order valence-electron chi connectivity index (χ2n) is 7.20. The lowest BCUT2D eigenvalue weighted by Crippen LogP contribution is -2.45. The lowest BCUT2D eigenvalue weighted by Gasteiger charge is -2.33. The molecule has 0 aliphatic heterocycles. The lowest BCUT2D eigenvalue weighted by molar-refractivity contribution is -0.0477. The quantitative estimate of drug-likeness (QED) is 0.674. The predicted octanol–water partition coefficient (Wildman–Crippen LogP) is 2.23. The Labute approximate surface area is 129 Å². The molecule has 21 heavy (non-hydrogen) atoms. The molecule has 3 unspecified atom stereocenters. The van der Waals surface area contributed by atoms with Gasteiger partial charge in [-0.1, -0.05) is 39.0 Å². The molecule has 0 spiro atoms. The largest absolute Gasteiger partial charge is 0.389 e. The molecule has 2 fully saturated rings. The molecule has 3 atom stereocenters. The Morgan fingerprint density at radius 3 is 2.57 bits per heavy atom. The van der Waals surface area contributed by atoms with Gasteiger partial charge in [0.05, 0.1) is 24.4 Å². The first-order valence-electron chi connectivity index (χ1n) is 8.82. The zero-order chi connectivity index (χ0) is 15.1. The van der Waals surface area contributed by atoms with Crippen molar-refractivity contribution in [1.29, 1.82) is 0 Å². The molecular formula is C17H33NO3. The van der Waals surface area contributed by atoms with Crippen molar-refractivity contribution >= 4 is 0 Å². The molecule has 0 aromatic heterocycles. The highest BCUT2D eigenvalue weighted by Gasteiger charge is 2.29. The summed E-state index contributed by atoms with van der Waals surface area (Å²) in [5, 5.41) is 23.6. The summed E-state index contributed by atoms with van der Waals surface area (Å²) in [6.45, 7) is 3.74. The van der Waals surface area contributed by atoms with Gasteiger partial charge in [-0.15, -0.1) is 0 Å². The van der Waals surface area contributed by atoms with Crippen LogP contribution in [-0.2, 0) is 4.74 Å². The molecule has 4 heteroatoms. The fourth-order valence-corrected chi connectivity index (χ4v) is 3.68. The van der Waals surface area contributed by atoms with Gasteiger partial charge in [0, 0.05) is 13.1 Å². The summed E-state index contributed by atoms with van der Waals surface area (Å²) < 4.78 is 5.87. The van der Waals surface area contributed by atoms with Crippen molar-refractivity contribution in [2.45, 2.75) is 82.5 Å². The number of hydrogen-bond donors (Lipinski definition) is 3. The molecule has 0 bridgehead atoms. The highest BCUT2D eigenvalue weighted by Crippen LogP contribution is 2.27. The molecule has 0 aromatic carbocycles. The van der Waals surface area contributed by atoms with Gasteiger partial charge in [-0.2, -0.15) is 0 Å². The van der Waals surface area contributed by atoms with E-state index in [-0.39, 0.29) is 0 Å². The average Bonchev–Trinajstić information content (AvgIpc) is 2.47. The topological polar surface area (TPSA) is 61.7 Å². The van der Waals surface area contributed by atoms with Crippen LogP contribution in [0.1, 0.15) is 64.7 Å². The molecule has 2 saturated carbocycles. The van der Waals surface area contributed by atoms with Crippen molar-refractivity contribution in [1.82, 2.24) is 5.32 Å². The van der Waals surface area contributed by atoms with Gasteiger partial charge >= 0.3 is 0 Å². The molecule has 0 amide bonds. The zero-order valence-corrected chi connectivity index (χ0v) is 13.5. The van der Waals surface area contributed by atoms with Crippen LogP contribution in [0.15, 0.2) is 0 Å². The first kappa shape index (κ1) is 17.2. The Kier molecular flexibility index (Phi) is 6.93. The van der Waals surface area contributed by atoms with Crippen LogP contribution in [0.3, 0.4) is 0 Å². The maximum atomic E-state index is 10.4. The summed E-state index contributed by atoms with van der Waals surface area (Å²) in [7, 11) is 0. The maximum Gasteiger partial charge on any atom is 0.0897 e. The molecule has 2 rings (SSSR count). The van der Waals surface area contributed by atoms with Crippen molar-refractivity contribution in [3.63, 3.8) is 0 Å². The molecular weight excluding hydrogens is 266 g/mol. The Morgan fingerprint density at radius 2 is 1.86 bits per heavy atom. The van der Waals surface area contributed by atoms with Crippen molar-refractivity contribution in [3.05, 3.63) is 0 Å². The van der Waals surface area contributed by atoms with Gasteiger partial charge in [-0.3, -0.25) is 0 Å². The minimum absolute atomic E-state index is 0.316. The number of nitrogens with one attached hydrogen (secondary N) is 1. The van der Waals surface area contributed by atoms with Gasteiger partial charge in [0.2, 0.25) is 0 Å². The molecule has 0 radical (unpaired) electrons. The van der Waals surface area contributed by atoms with Crippen molar-refractivity contribution in [2.24, 2.45) is 5.92 Å². The highest BCUT2D eigenvalue weighted by atomic mass is 16.5. The van der Waals surface area contributed by atoms with Gasteiger partial charge in [0.1, 0.15) is 0 Å². The van der Waals surface area contributed by atoms with Crippen LogP contribution in [-0.4, -0.2) is 47.7 Å². The van der Waals surface area contributed by atoms with Crippen LogP contribution >= 0.6 is 0 Å². The van der Waals surface area contributed by atoms with Gasteiger partial charge in [-0.25, -0.2) is 0 Å². The Hall–Kier alpha value is -0.160. The van der Waals surface area contributed by atoms with E-state index in [1.165, 1.54) is 25.7 Å². The SMILES string of the molecule is CC1CCCCC1OCC(O)CNCC1(O)CCCCC1. The van der Waals surface area contributed by atoms with E-state index in [1.54, 1.807) is 0 Å². The number of ether oxygens (including phenoxy) is 1. The maximum absolute atomic E-state index is 10.4. The van der Waals surface area contributed by atoms with Gasteiger partial charge in [-0.05, 0) is 31.6 Å². The van der Waals surface area contributed by atoms with E-state index >= 15 is 0 Å². The van der Waals surface area contributed by atoms with E-state index in [2.05, 4.69) is 12.2 Å². The van der Waals surface area contributed by atoms with Crippen LogP contribution in [0.4, 0.5) is 0 Å². The van der Waals surface area contributed by atoms with Crippen molar-refractivity contribution in [3.8, 4) is 0 Å². The Morgan fingerprint density at radius 1 is 1.14 bits per heavy atom. The first-order valence-corrected chi connectivity index (χ1v) is 8.82. The molecule has 4 nitrogen and oxygen atoms in total. The second-order valence-corrected chi connectivity index (χ2v) is 7.20. The Balaban J connectivity index is 1.57. The van der Waals surface area contributed by atoms with E-state index in [0.717, 1.165) is 32.1 Å². The van der Waals surface area contributed by atoms with Crippen LogP contribution < -0.4 is 5.32 Å². The first-order chi connectivity index (χ1) is 10.1. The van der Waals surface area contributed by atoms with E-state index in [9.17, 15) is 10.2 Å². The third-order valence-corrected chi connectivity index (χ3v) is 5.15. The van der Waals surface area contributed by atoms with Crippen molar-refractivity contribution < 1.29 is 14.9 Å². The number of hydrogen-bond acceptors (Lipinski definition) is 4. The summed E-state index contributed by atoms with van der Waals surface area (Å²) in [4.78, 5) is 0. The van der Waals surface area contributed by atoms with E-state index in [1.807, 2.05) is 0 Å². The smallest absolute Gasteiger partial charge is 0.0897 e. The molecule has 0 aromatic rings. The minimum atomic E-state index is -0.559. The van der Waals surface area contributed by atoms with Crippen molar-refractivity contribution in [2.75, 3.05) is 19.7 Å². The summed E-state index contributed by atoms with van der Waals surface area (Å²) in [6.07, 6.45) is 9.98. The van der Waals surface area contributed by atoms with Crippen LogP contribution in [0.2, 0.25) is 0 Å². The van der Waals surface area contributed by atoms with Crippen LogP contribution in [0.25, 0.3) is 0 Å².